The lowest BCUT2D eigenvalue weighted by Crippen LogP contribution is -2.33. The SMILES string of the molecule is Nc1cccc2c1nc(-c1ccc(F)cc1)n2Cc1ccc(OCCN2CCCCC2)cc1. The van der Waals surface area contributed by atoms with Gasteiger partial charge in [0, 0.05) is 18.7 Å². The molecule has 0 aliphatic carbocycles. The monoisotopic (exact) mass is 444 g/mol. The van der Waals surface area contributed by atoms with E-state index in [0.29, 0.717) is 18.8 Å². The fraction of sp³-hybridized carbons (Fsp3) is 0.296. The summed E-state index contributed by atoms with van der Waals surface area (Å²) in [5, 5.41) is 0. The number of hydrogen-bond donors (Lipinski definition) is 1. The Morgan fingerprint density at radius 2 is 1.67 bits per heavy atom. The number of fused-ring (bicyclic) bond motifs is 1. The maximum atomic E-state index is 13.5. The number of nitrogen functional groups attached to an aromatic ring is 1. The van der Waals surface area contributed by atoms with Crippen molar-refractivity contribution in [2.24, 2.45) is 0 Å². The molecule has 5 rings (SSSR count). The summed E-state index contributed by atoms with van der Waals surface area (Å²) in [7, 11) is 0. The molecule has 1 aliphatic rings. The smallest absolute Gasteiger partial charge is 0.141 e. The molecule has 0 radical (unpaired) electrons. The van der Waals surface area contributed by atoms with Crippen LogP contribution in [0.2, 0.25) is 0 Å². The van der Waals surface area contributed by atoms with Crippen LogP contribution in [0.5, 0.6) is 5.75 Å². The van der Waals surface area contributed by atoms with E-state index in [2.05, 4.69) is 21.6 Å². The predicted molar refractivity (Wildman–Crippen MR) is 131 cm³/mol. The Hall–Kier alpha value is -3.38. The molecule has 2 N–H and O–H groups in total. The van der Waals surface area contributed by atoms with Gasteiger partial charge in [0.15, 0.2) is 0 Å². The van der Waals surface area contributed by atoms with E-state index in [4.69, 9.17) is 15.5 Å². The molecule has 5 nitrogen and oxygen atoms in total. The van der Waals surface area contributed by atoms with Gasteiger partial charge in [-0.25, -0.2) is 9.37 Å². The van der Waals surface area contributed by atoms with Crippen LogP contribution >= 0.6 is 0 Å². The quantitative estimate of drug-likeness (QED) is 0.391. The van der Waals surface area contributed by atoms with Gasteiger partial charge < -0.3 is 15.0 Å². The van der Waals surface area contributed by atoms with E-state index in [9.17, 15) is 4.39 Å². The lowest BCUT2D eigenvalue weighted by molar-refractivity contribution is 0.183. The molecule has 2 heterocycles. The van der Waals surface area contributed by atoms with Gasteiger partial charge in [0.25, 0.3) is 0 Å². The first-order valence-corrected chi connectivity index (χ1v) is 11.6. The van der Waals surface area contributed by atoms with Crippen molar-refractivity contribution in [1.82, 2.24) is 14.5 Å². The van der Waals surface area contributed by atoms with Gasteiger partial charge in [-0.05, 0) is 80.0 Å². The molecular formula is C27H29FN4O. The van der Waals surface area contributed by atoms with Crippen molar-refractivity contribution in [2.75, 3.05) is 32.0 Å². The molecule has 0 bridgehead atoms. The second-order valence-electron chi connectivity index (χ2n) is 8.64. The fourth-order valence-electron chi connectivity index (χ4n) is 4.50. The lowest BCUT2D eigenvalue weighted by atomic mass is 10.1. The summed E-state index contributed by atoms with van der Waals surface area (Å²) < 4.78 is 21.6. The van der Waals surface area contributed by atoms with E-state index in [-0.39, 0.29) is 5.82 Å². The molecule has 0 atom stereocenters. The number of nitrogens with two attached hydrogens (primary N) is 1. The molecule has 6 heteroatoms. The van der Waals surface area contributed by atoms with Crippen LogP contribution in [0.3, 0.4) is 0 Å². The number of imidazole rings is 1. The van der Waals surface area contributed by atoms with Gasteiger partial charge in [-0.15, -0.1) is 0 Å². The number of ether oxygens (including phenoxy) is 1. The molecule has 0 saturated carbocycles. The van der Waals surface area contributed by atoms with Gasteiger partial charge in [0.1, 0.15) is 29.5 Å². The van der Waals surface area contributed by atoms with E-state index in [1.54, 1.807) is 12.1 Å². The number of rotatable bonds is 7. The van der Waals surface area contributed by atoms with E-state index < -0.39 is 0 Å². The Labute approximate surface area is 193 Å². The van der Waals surface area contributed by atoms with Crippen LogP contribution in [0.4, 0.5) is 10.1 Å². The maximum absolute atomic E-state index is 13.5. The van der Waals surface area contributed by atoms with Crippen molar-refractivity contribution in [3.05, 3.63) is 78.1 Å². The number of aromatic nitrogens is 2. The van der Waals surface area contributed by atoms with Crippen molar-refractivity contribution in [3.8, 4) is 17.1 Å². The minimum atomic E-state index is -0.267. The molecule has 1 aromatic heterocycles. The average molecular weight is 445 g/mol. The summed E-state index contributed by atoms with van der Waals surface area (Å²) in [4.78, 5) is 7.27. The molecule has 0 amide bonds. The molecule has 3 aromatic carbocycles. The second-order valence-corrected chi connectivity index (χ2v) is 8.64. The highest BCUT2D eigenvalue weighted by molar-refractivity contribution is 5.90. The third-order valence-electron chi connectivity index (χ3n) is 6.30. The molecule has 1 saturated heterocycles. The Morgan fingerprint density at radius 1 is 0.909 bits per heavy atom. The number of para-hydroxylation sites is 1. The second kappa shape index (κ2) is 9.63. The summed E-state index contributed by atoms with van der Waals surface area (Å²) in [6.45, 7) is 4.68. The molecule has 0 unspecified atom stereocenters. The number of anilines is 1. The summed E-state index contributed by atoms with van der Waals surface area (Å²) in [6, 6.07) is 20.4. The van der Waals surface area contributed by atoms with Crippen molar-refractivity contribution < 1.29 is 9.13 Å². The third kappa shape index (κ3) is 4.86. The molecule has 1 fully saturated rings. The van der Waals surface area contributed by atoms with E-state index in [0.717, 1.165) is 40.3 Å². The molecular weight excluding hydrogens is 415 g/mol. The van der Waals surface area contributed by atoms with Crippen molar-refractivity contribution in [2.45, 2.75) is 25.8 Å². The Balaban J connectivity index is 1.34. The van der Waals surface area contributed by atoms with Gasteiger partial charge in [-0.1, -0.05) is 24.6 Å². The van der Waals surface area contributed by atoms with Crippen molar-refractivity contribution >= 4 is 16.7 Å². The minimum absolute atomic E-state index is 0.267. The fourth-order valence-corrected chi connectivity index (χ4v) is 4.50. The third-order valence-corrected chi connectivity index (χ3v) is 6.30. The first kappa shape index (κ1) is 21.5. The Bertz CT molecular complexity index is 1210. The molecule has 4 aromatic rings. The van der Waals surface area contributed by atoms with E-state index >= 15 is 0 Å². The number of halogens is 1. The summed E-state index contributed by atoms with van der Waals surface area (Å²) in [6.07, 6.45) is 3.94. The molecule has 170 valence electrons. The minimum Gasteiger partial charge on any atom is -0.492 e. The zero-order valence-electron chi connectivity index (χ0n) is 18.7. The predicted octanol–water partition coefficient (Wildman–Crippen LogP) is 5.34. The number of benzene rings is 3. The highest BCUT2D eigenvalue weighted by atomic mass is 19.1. The normalized spacial score (nSPS) is 14.6. The van der Waals surface area contributed by atoms with Crippen LogP contribution in [0.15, 0.2) is 66.7 Å². The van der Waals surface area contributed by atoms with Gasteiger partial charge in [-0.3, -0.25) is 4.90 Å². The van der Waals surface area contributed by atoms with Crippen LogP contribution in [-0.4, -0.2) is 40.7 Å². The zero-order chi connectivity index (χ0) is 22.6. The van der Waals surface area contributed by atoms with Crippen LogP contribution < -0.4 is 10.5 Å². The van der Waals surface area contributed by atoms with Gasteiger partial charge in [-0.2, -0.15) is 0 Å². The topological polar surface area (TPSA) is 56.3 Å². The van der Waals surface area contributed by atoms with Crippen LogP contribution in [0, 0.1) is 5.82 Å². The standard InChI is InChI=1S/C27H29FN4O/c28-22-11-9-21(10-12-22)27-30-26-24(29)5-4-6-25(26)32(27)19-20-7-13-23(14-8-20)33-18-17-31-15-2-1-3-16-31/h4-14H,1-3,15-19,29H2. The number of nitrogens with zero attached hydrogens (tertiary/aromatic N) is 3. The number of likely N-dealkylation sites (tertiary alicyclic amines) is 1. The van der Waals surface area contributed by atoms with Crippen LogP contribution in [0.1, 0.15) is 24.8 Å². The van der Waals surface area contributed by atoms with E-state index in [1.807, 2.05) is 30.3 Å². The number of hydrogen-bond acceptors (Lipinski definition) is 4. The number of piperidine rings is 1. The van der Waals surface area contributed by atoms with Gasteiger partial charge in [0.2, 0.25) is 0 Å². The molecule has 1 aliphatic heterocycles. The highest BCUT2D eigenvalue weighted by Gasteiger charge is 2.15. The largest absolute Gasteiger partial charge is 0.492 e. The summed E-state index contributed by atoms with van der Waals surface area (Å²) >= 11 is 0. The average Bonchev–Trinajstić information content (AvgIpc) is 3.21. The Kier molecular flexibility index (Phi) is 6.26. The van der Waals surface area contributed by atoms with Gasteiger partial charge in [0.05, 0.1) is 11.2 Å². The summed E-state index contributed by atoms with van der Waals surface area (Å²) in [5.41, 5.74) is 10.5. The lowest BCUT2D eigenvalue weighted by Gasteiger charge is -2.26. The van der Waals surface area contributed by atoms with Crippen molar-refractivity contribution in [3.63, 3.8) is 0 Å². The Morgan fingerprint density at radius 3 is 2.42 bits per heavy atom. The zero-order valence-corrected chi connectivity index (χ0v) is 18.7. The highest BCUT2D eigenvalue weighted by Crippen LogP contribution is 2.29. The molecule has 33 heavy (non-hydrogen) atoms. The van der Waals surface area contributed by atoms with Gasteiger partial charge >= 0.3 is 0 Å². The molecule has 0 spiro atoms. The van der Waals surface area contributed by atoms with Crippen LogP contribution in [-0.2, 0) is 6.54 Å². The van der Waals surface area contributed by atoms with Crippen LogP contribution in [0.25, 0.3) is 22.4 Å². The summed E-state index contributed by atoms with van der Waals surface area (Å²) in [5.74, 6) is 1.39. The first-order valence-electron chi connectivity index (χ1n) is 11.6. The maximum Gasteiger partial charge on any atom is 0.141 e. The van der Waals surface area contributed by atoms with Crippen molar-refractivity contribution in [1.29, 1.82) is 0 Å². The van der Waals surface area contributed by atoms with E-state index in [1.165, 1.54) is 44.5 Å². The first-order chi connectivity index (χ1) is 16.2.